The Hall–Kier alpha value is -0.390. The van der Waals surface area contributed by atoms with E-state index in [-0.39, 0.29) is 36.2 Å². The fourth-order valence-electron chi connectivity index (χ4n) is 2.04. The van der Waals surface area contributed by atoms with Gasteiger partial charge in [0, 0.05) is 43.9 Å². The normalized spacial score (nSPS) is 16.1. The molecule has 0 unspecified atom stereocenters. The van der Waals surface area contributed by atoms with Crippen LogP contribution in [0.2, 0.25) is 0 Å². The lowest BCUT2D eigenvalue weighted by atomic mass is 10.1. The minimum atomic E-state index is -0.625. The van der Waals surface area contributed by atoms with Gasteiger partial charge in [0.05, 0.1) is 0 Å². The number of likely N-dealkylation sites (N-methyl/N-ethyl adjacent to an activating group) is 1. The number of nitrogens with zero attached hydrogens (tertiary/aromatic N) is 2. The van der Waals surface area contributed by atoms with Gasteiger partial charge in [0.2, 0.25) is 0 Å². The van der Waals surface area contributed by atoms with E-state index in [0.29, 0.717) is 12.1 Å². The van der Waals surface area contributed by atoms with Gasteiger partial charge in [-0.15, -0.1) is 24.8 Å². The van der Waals surface area contributed by atoms with Gasteiger partial charge < -0.3 is 4.90 Å². The van der Waals surface area contributed by atoms with Crippen molar-refractivity contribution in [3.8, 4) is 0 Å². The van der Waals surface area contributed by atoms with Crippen molar-refractivity contribution >= 4 is 41.7 Å². The van der Waals surface area contributed by atoms with Crippen molar-refractivity contribution in [2.45, 2.75) is 6.54 Å². The number of rotatable bonds is 3. The van der Waals surface area contributed by atoms with Gasteiger partial charge in [0.1, 0.15) is 5.82 Å². The lowest BCUT2D eigenvalue weighted by Crippen LogP contribution is -2.44. The number of piperazine rings is 1. The fraction of sp³-hybridized carbons (Fsp3) is 0.462. The second kappa shape index (κ2) is 8.80. The molecule has 1 aromatic rings. The highest BCUT2D eigenvalue weighted by Crippen LogP contribution is 2.15. The van der Waals surface area contributed by atoms with Gasteiger partial charge in [-0.05, 0) is 30.8 Å². The molecule has 0 atom stereocenters. The van der Waals surface area contributed by atoms with Crippen LogP contribution in [0.1, 0.15) is 15.9 Å². The van der Waals surface area contributed by atoms with Gasteiger partial charge >= 0.3 is 0 Å². The van der Waals surface area contributed by atoms with Gasteiger partial charge in [-0.2, -0.15) is 0 Å². The SMILES string of the molecule is CN1CCN(Cc2ccc(C(=O)Cl)cc2F)CC1.Cl.Cl. The lowest BCUT2D eigenvalue weighted by molar-refractivity contribution is 0.108. The molecule has 0 bridgehead atoms. The van der Waals surface area contributed by atoms with E-state index in [1.165, 1.54) is 6.07 Å². The molecule has 1 saturated heterocycles. The van der Waals surface area contributed by atoms with Crippen LogP contribution in [0, 0.1) is 5.82 Å². The quantitative estimate of drug-likeness (QED) is 0.789. The number of carbonyl (C=O) groups is 1. The first kappa shape index (κ1) is 19.6. The van der Waals surface area contributed by atoms with Crippen LogP contribution < -0.4 is 0 Å². The Labute approximate surface area is 135 Å². The van der Waals surface area contributed by atoms with Crippen LogP contribution in [-0.4, -0.2) is 48.3 Å². The van der Waals surface area contributed by atoms with E-state index in [4.69, 9.17) is 11.6 Å². The molecule has 0 saturated carbocycles. The van der Waals surface area contributed by atoms with Crippen LogP contribution in [-0.2, 0) is 6.54 Å². The van der Waals surface area contributed by atoms with E-state index in [9.17, 15) is 9.18 Å². The highest BCUT2D eigenvalue weighted by Gasteiger charge is 2.16. The Bertz CT molecular complexity index is 451. The second-order valence-corrected chi connectivity index (χ2v) is 5.00. The molecule has 2 rings (SSSR count). The van der Waals surface area contributed by atoms with Gasteiger partial charge in [-0.25, -0.2) is 4.39 Å². The summed E-state index contributed by atoms with van der Waals surface area (Å²) in [5.74, 6) is -0.361. The third-order valence-corrected chi connectivity index (χ3v) is 3.49. The molecule has 0 aliphatic carbocycles. The summed E-state index contributed by atoms with van der Waals surface area (Å²) in [4.78, 5) is 15.4. The largest absolute Gasteiger partial charge is 0.304 e. The van der Waals surface area contributed by atoms with E-state index in [0.717, 1.165) is 26.2 Å². The predicted molar refractivity (Wildman–Crippen MR) is 83.9 cm³/mol. The average Bonchev–Trinajstić information content (AvgIpc) is 2.34. The molecule has 1 aliphatic heterocycles. The van der Waals surface area contributed by atoms with Crippen LogP contribution >= 0.6 is 36.4 Å². The van der Waals surface area contributed by atoms with E-state index >= 15 is 0 Å². The van der Waals surface area contributed by atoms with Crippen LogP contribution in [0.25, 0.3) is 0 Å². The summed E-state index contributed by atoms with van der Waals surface area (Å²) in [5.41, 5.74) is 0.817. The summed E-state index contributed by atoms with van der Waals surface area (Å²) in [6, 6.07) is 4.42. The minimum Gasteiger partial charge on any atom is -0.304 e. The first-order valence-electron chi connectivity index (χ1n) is 5.95. The van der Waals surface area contributed by atoms with E-state index in [1.54, 1.807) is 12.1 Å². The monoisotopic (exact) mass is 342 g/mol. The van der Waals surface area contributed by atoms with Crippen molar-refractivity contribution in [2.75, 3.05) is 33.2 Å². The summed E-state index contributed by atoms with van der Waals surface area (Å²) in [7, 11) is 2.08. The molecule has 1 fully saturated rings. The van der Waals surface area contributed by atoms with Gasteiger partial charge in [0.25, 0.3) is 5.24 Å². The summed E-state index contributed by atoms with van der Waals surface area (Å²) in [5, 5.41) is -0.625. The third-order valence-electron chi connectivity index (χ3n) is 3.27. The molecule has 3 nitrogen and oxygen atoms in total. The molecule has 20 heavy (non-hydrogen) atoms. The van der Waals surface area contributed by atoms with Crippen LogP contribution in [0.3, 0.4) is 0 Å². The number of hydrogen-bond acceptors (Lipinski definition) is 3. The van der Waals surface area contributed by atoms with Crippen molar-refractivity contribution < 1.29 is 9.18 Å². The number of benzene rings is 1. The Kier molecular flexibility index (Phi) is 8.63. The lowest BCUT2D eigenvalue weighted by Gasteiger charge is -2.32. The van der Waals surface area contributed by atoms with Crippen LogP contribution in [0.15, 0.2) is 18.2 Å². The maximum atomic E-state index is 13.8. The molecular weight excluding hydrogens is 326 g/mol. The third kappa shape index (κ3) is 5.19. The predicted octanol–water partition coefficient (Wildman–Crippen LogP) is 2.80. The molecule has 1 aliphatic rings. The summed E-state index contributed by atoms with van der Waals surface area (Å²) < 4.78 is 13.8. The molecule has 0 amide bonds. The molecule has 0 aromatic heterocycles. The molecule has 7 heteroatoms. The maximum absolute atomic E-state index is 13.8. The first-order chi connectivity index (χ1) is 8.56. The standard InChI is InChI=1S/C13H16ClFN2O.2ClH/c1-16-4-6-17(7-5-16)9-11-3-2-10(13(14)18)8-12(11)15;;/h2-3,8H,4-7,9H2,1H3;2*1H. The Balaban J connectivity index is 0.00000180. The molecular formula is C13H18Cl3FN2O. The Morgan fingerprint density at radius 3 is 2.35 bits per heavy atom. The van der Waals surface area contributed by atoms with Crippen LogP contribution in [0.5, 0.6) is 0 Å². The summed E-state index contributed by atoms with van der Waals surface area (Å²) >= 11 is 5.31. The summed E-state index contributed by atoms with van der Waals surface area (Å²) in [6.45, 7) is 4.45. The zero-order chi connectivity index (χ0) is 13.1. The van der Waals surface area contributed by atoms with Crippen molar-refractivity contribution in [1.82, 2.24) is 9.80 Å². The van der Waals surface area contributed by atoms with E-state index in [2.05, 4.69) is 16.8 Å². The highest BCUT2D eigenvalue weighted by atomic mass is 35.5. The molecule has 114 valence electrons. The molecule has 1 aromatic carbocycles. The Morgan fingerprint density at radius 1 is 1.25 bits per heavy atom. The highest BCUT2D eigenvalue weighted by molar-refractivity contribution is 6.67. The maximum Gasteiger partial charge on any atom is 0.252 e. The molecule has 0 spiro atoms. The van der Waals surface area contributed by atoms with Crippen molar-refractivity contribution in [3.05, 3.63) is 35.1 Å². The molecule has 0 radical (unpaired) electrons. The smallest absolute Gasteiger partial charge is 0.252 e. The zero-order valence-corrected chi connectivity index (χ0v) is 13.5. The van der Waals surface area contributed by atoms with Crippen molar-refractivity contribution in [3.63, 3.8) is 0 Å². The second-order valence-electron chi connectivity index (χ2n) is 4.66. The van der Waals surface area contributed by atoms with Crippen molar-refractivity contribution in [2.24, 2.45) is 0 Å². The molecule has 0 N–H and O–H groups in total. The fourth-order valence-corrected chi connectivity index (χ4v) is 2.16. The first-order valence-corrected chi connectivity index (χ1v) is 6.33. The van der Waals surface area contributed by atoms with Gasteiger partial charge in [-0.3, -0.25) is 9.69 Å². The van der Waals surface area contributed by atoms with Crippen molar-refractivity contribution in [1.29, 1.82) is 0 Å². The van der Waals surface area contributed by atoms with E-state index in [1.807, 2.05) is 0 Å². The van der Waals surface area contributed by atoms with Gasteiger partial charge in [0.15, 0.2) is 0 Å². The minimum absolute atomic E-state index is 0. The Morgan fingerprint density at radius 2 is 1.85 bits per heavy atom. The average molecular weight is 344 g/mol. The van der Waals surface area contributed by atoms with Gasteiger partial charge in [-0.1, -0.05) is 6.07 Å². The molecule has 1 heterocycles. The zero-order valence-electron chi connectivity index (χ0n) is 11.1. The number of hydrogen-bond donors (Lipinski definition) is 0. The summed E-state index contributed by atoms with van der Waals surface area (Å²) in [6.07, 6.45) is 0. The van der Waals surface area contributed by atoms with E-state index < -0.39 is 5.24 Å². The number of halogens is 4. The van der Waals surface area contributed by atoms with Crippen LogP contribution in [0.4, 0.5) is 4.39 Å². The number of carbonyl (C=O) groups excluding carboxylic acids is 1. The topological polar surface area (TPSA) is 23.6 Å².